The second-order valence-electron chi connectivity index (χ2n) is 5.55. The molecular weight excluding hydrogens is 272 g/mol. The minimum Gasteiger partial charge on any atom is -0.487 e. The Morgan fingerprint density at radius 3 is 2.67 bits per heavy atom. The zero-order chi connectivity index (χ0) is 15.2. The van der Waals surface area contributed by atoms with Gasteiger partial charge in [0.2, 0.25) is 0 Å². The summed E-state index contributed by atoms with van der Waals surface area (Å²) in [6.07, 6.45) is 1.17. The van der Waals surface area contributed by atoms with Crippen molar-refractivity contribution in [1.29, 1.82) is 0 Å². The molecule has 5 heteroatoms. The predicted molar refractivity (Wildman–Crippen MR) is 76.0 cm³/mol. The molecule has 2 heterocycles. The lowest BCUT2D eigenvalue weighted by Crippen LogP contribution is -2.37. The van der Waals surface area contributed by atoms with Gasteiger partial charge in [-0.2, -0.15) is 0 Å². The van der Waals surface area contributed by atoms with Gasteiger partial charge in [0, 0.05) is 18.4 Å². The van der Waals surface area contributed by atoms with Gasteiger partial charge in [-0.25, -0.2) is 4.79 Å². The fourth-order valence-corrected chi connectivity index (χ4v) is 2.53. The van der Waals surface area contributed by atoms with Crippen molar-refractivity contribution in [1.82, 2.24) is 0 Å². The highest BCUT2D eigenvalue weighted by molar-refractivity contribution is 5.83. The smallest absolute Gasteiger partial charge is 0.336 e. The number of benzene rings is 1. The second kappa shape index (κ2) is 4.62. The number of rotatable bonds is 1. The molecule has 21 heavy (non-hydrogen) atoms. The first kappa shape index (κ1) is 13.7. The Bertz CT molecular complexity index is 772. The summed E-state index contributed by atoms with van der Waals surface area (Å²) in [7, 11) is 0. The summed E-state index contributed by atoms with van der Waals surface area (Å²) in [4.78, 5) is 22.9. The van der Waals surface area contributed by atoms with Gasteiger partial charge in [-0.3, -0.25) is 4.79 Å². The molecule has 1 aliphatic heterocycles. The minimum atomic E-state index is -0.615. The van der Waals surface area contributed by atoms with Crippen molar-refractivity contribution in [3.8, 4) is 5.75 Å². The minimum absolute atomic E-state index is 0.387. The molecule has 0 saturated carbocycles. The van der Waals surface area contributed by atoms with Crippen molar-refractivity contribution >= 4 is 16.9 Å². The molecule has 0 spiro atoms. The normalized spacial score (nSPS) is 19.7. The van der Waals surface area contributed by atoms with E-state index >= 15 is 0 Å². The van der Waals surface area contributed by atoms with Crippen molar-refractivity contribution in [2.75, 3.05) is 0 Å². The fraction of sp³-hybridized carbons (Fsp3) is 0.312. The summed E-state index contributed by atoms with van der Waals surface area (Å²) in [5, 5.41) is 0.752. The van der Waals surface area contributed by atoms with Crippen LogP contribution >= 0.6 is 0 Å². The van der Waals surface area contributed by atoms with E-state index in [9.17, 15) is 9.59 Å². The maximum absolute atomic E-state index is 11.5. The van der Waals surface area contributed by atoms with Crippen LogP contribution in [-0.4, -0.2) is 11.6 Å². The number of fused-ring (bicyclic) bond motifs is 3. The summed E-state index contributed by atoms with van der Waals surface area (Å²) in [6, 6.07) is 6.63. The Hall–Kier alpha value is -2.30. The molecule has 0 saturated heterocycles. The molecule has 5 nitrogen and oxygen atoms in total. The van der Waals surface area contributed by atoms with E-state index in [0.717, 1.165) is 5.39 Å². The molecule has 0 aliphatic carbocycles. The largest absolute Gasteiger partial charge is 0.487 e. The average molecular weight is 287 g/mol. The molecule has 2 aromatic rings. The molecule has 0 amide bonds. The molecule has 0 bridgehead atoms. The summed E-state index contributed by atoms with van der Waals surface area (Å²) < 4.78 is 16.5. The number of esters is 1. The maximum atomic E-state index is 11.5. The lowest BCUT2D eigenvalue weighted by atomic mass is 9.90. The summed E-state index contributed by atoms with van der Waals surface area (Å²) in [5.41, 5.74) is -0.0874. The van der Waals surface area contributed by atoms with Crippen molar-refractivity contribution in [2.24, 2.45) is 0 Å². The lowest BCUT2D eigenvalue weighted by molar-refractivity contribution is -0.146. The van der Waals surface area contributed by atoms with Crippen LogP contribution in [0.3, 0.4) is 0 Å². The molecule has 1 aromatic carbocycles. The Balaban J connectivity index is 2.26. The predicted octanol–water partition coefficient (Wildman–Crippen LogP) is 2.77. The van der Waals surface area contributed by atoms with Gasteiger partial charge in [-0.15, -0.1) is 0 Å². The van der Waals surface area contributed by atoms with Gasteiger partial charge in [0.1, 0.15) is 23.0 Å². The number of carbonyl (C=O) groups excluding carboxylic acids is 1. The molecule has 109 valence electrons. The van der Waals surface area contributed by atoms with Gasteiger partial charge >= 0.3 is 11.6 Å². The summed E-state index contributed by atoms with van der Waals surface area (Å²) in [5.74, 6) is 0.144. The number of hydrogen-bond acceptors (Lipinski definition) is 5. The van der Waals surface area contributed by atoms with E-state index in [1.807, 2.05) is 19.9 Å². The Labute approximate surface area is 121 Å². The molecular formula is C16H15O5. The van der Waals surface area contributed by atoms with E-state index in [1.54, 1.807) is 18.6 Å². The topological polar surface area (TPSA) is 65.7 Å². The highest BCUT2D eigenvalue weighted by Crippen LogP contribution is 2.44. The number of carbonyl (C=O) groups is 1. The molecule has 3 rings (SSSR count). The first-order valence-electron chi connectivity index (χ1n) is 6.65. The molecule has 1 aliphatic rings. The molecule has 1 radical (unpaired) electrons. The highest BCUT2D eigenvalue weighted by atomic mass is 16.6. The van der Waals surface area contributed by atoms with Crippen molar-refractivity contribution in [3.63, 3.8) is 0 Å². The van der Waals surface area contributed by atoms with Crippen LogP contribution in [0, 0.1) is 6.42 Å². The van der Waals surface area contributed by atoms with Crippen LogP contribution < -0.4 is 10.4 Å². The van der Waals surface area contributed by atoms with Crippen LogP contribution in [0.25, 0.3) is 11.0 Å². The maximum Gasteiger partial charge on any atom is 0.336 e. The van der Waals surface area contributed by atoms with E-state index in [4.69, 9.17) is 13.9 Å². The zero-order valence-corrected chi connectivity index (χ0v) is 12.0. The van der Waals surface area contributed by atoms with E-state index in [2.05, 4.69) is 0 Å². The average Bonchev–Trinajstić information content (AvgIpc) is 2.35. The van der Waals surface area contributed by atoms with Crippen LogP contribution in [0.4, 0.5) is 0 Å². The molecule has 1 aromatic heterocycles. The standard InChI is InChI=1S/C16H15O5/c1-9(17)19-12-8-16(2,3)21-11-6-4-10-5-7-13(18)20-15(10)14(11)12/h4-8,12H,1-3H3/t12-/m0/s1. The van der Waals surface area contributed by atoms with E-state index < -0.39 is 23.3 Å². The zero-order valence-electron chi connectivity index (χ0n) is 12.0. The molecule has 0 fully saturated rings. The Morgan fingerprint density at radius 1 is 1.24 bits per heavy atom. The first-order chi connectivity index (χ1) is 9.85. The van der Waals surface area contributed by atoms with Gasteiger partial charge in [0.15, 0.2) is 0 Å². The SMILES string of the molecule is CC(=O)O[C@H]1[CH]C(C)(C)Oc2ccc3ccc(=O)oc3c21. The van der Waals surface area contributed by atoms with E-state index in [1.165, 1.54) is 13.0 Å². The second-order valence-corrected chi connectivity index (χ2v) is 5.55. The summed E-state index contributed by atoms with van der Waals surface area (Å²) >= 11 is 0. The quantitative estimate of drug-likeness (QED) is 0.596. The van der Waals surface area contributed by atoms with Crippen LogP contribution in [0.5, 0.6) is 5.75 Å². The van der Waals surface area contributed by atoms with Gasteiger partial charge in [-0.1, -0.05) is 0 Å². The lowest BCUT2D eigenvalue weighted by Gasteiger charge is -2.36. The molecule has 1 atom stereocenters. The third kappa shape index (κ3) is 2.51. The third-order valence-electron chi connectivity index (χ3n) is 3.29. The van der Waals surface area contributed by atoms with E-state index in [0.29, 0.717) is 16.9 Å². The highest BCUT2D eigenvalue weighted by Gasteiger charge is 2.38. The molecule has 0 unspecified atom stereocenters. The molecule has 0 N–H and O–H groups in total. The fourth-order valence-electron chi connectivity index (χ4n) is 2.53. The van der Waals surface area contributed by atoms with Crippen molar-refractivity contribution in [3.05, 3.63) is 46.7 Å². The third-order valence-corrected chi connectivity index (χ3v) is 3.29. The monoisotopic (exact) mass is 287 g/mol. The summed E-state index contributed by atoms with van der Waals surface area (Å²) in [6.45, 7) is 5.09. The van der Waals surface area contributed by atoms with Gasteiger partial charge in [0.25, 0.3) is 0 Å². The van der Waals surface area contributed by atoms with Crippen LogP contribution in [0.15, 0.2) is 33.5 Å². The van der Waals surface area contributed by atoms with Crippen LogP contribution in [0.1, 0.15) is 32.4 Å². The number of hydrogen-bond donors (Lipinski definition) is 0. The van der Waals surface area contributed by atoms with E-state index in [-0.39, 0.29) is 0 Å². The van der Waals surface area contributed by atoms with Crippen LogP contribution in [0.2, 0.25) is 0 Å². The van der Waals surface area contributed by atoms with Gasteiger partial charge < -0.3 is 13.9 Å². The first-order valence-corrected chi connectivity index (χ1v) is 6.65. The Kier molecular flexibility index (Phi) is 3.01. The van der Waals surface area contributed by atoms with Crippen LogP contribution in [-0.2, 0) is 9.53 Å². The Morgan fingerprint density at radius 2 is 1.95 bits per heavy atom. The van der Waals surface area contributed by atoms with Gasteiger partial charge in [-0.05, 0) is 32.0 Å². The van der Waals surface area contributed by atoms with Crippen molar-refractivity contribution in [2.45, 2.75) is 32.5 Å². The van der Waals surface area contributed by atoms with Gasteiger partial charge in [0.05, 0.1) is 12.0 Å². The van der Waals surface area contributed by atoms with Crippen molar-refractivity contribution < 1.29 is 18.7 Å². The number of ether oxygens (including phenoxy) is 2.